The number of benzene rings is 1. The Morgan fingerprint density at radius 3 is 2.68 bits per heavy atom. The van der Waals surface area contributed by atoms with Crippen LogP contribution < -0.4 is 10.6 Å². The Labute approximate surface area is 133 Å². The molecule has 1 aromatic carbocycles. The molecule has 1 N–H and O–H groups in total. The Balaban J connectivity index is 2.04. The van der Waals surface area contributed by atoms with Crippen molar-refractivity contribution in [2.45, 2.75) is 32.0 Å². The van der Waals surface area contributed by atoms with E-state index in [1.54, 1.807) is 9.47 Å². The summed E-state index contributed by atoms with van der Waals surface area (Å²) in [7, 11) is 0. The summed E-state index contributed by atoms with van der Waals surface area (Å²) >= 11 is 1.28. The molecular weight excluding hydrogens is 300 g/mol. The molecule has 0 radical (unpaired) electrons. The van der Waals surface area contributed by atoms with E-state index < -0.39 is 0 Å². The van der Waals surface area contributed by atoms with Crippen molar-refractivity contribution in [3.63, 3.8) is 0 Å². The van der Waals surface area contributed by atoms with Crippen LogP contribution in [-0.2, 0) is 11.3 Å². The van der Waals surface area contributed by atoms with E-state index in [0.29, 0.717) is 18.2 Å². The molecule has 0 saturated carbocycles. The third-order valence-electron chi connectivity index (χ3n) is 3.18. The molecule has 2 rings (SSSR count). The van der Waals surface area contributed by atoms with Gasteiger partial charge in [-0.25, -0.2) is 9.89 Å². The molecule has 0 spiro atoms. The predicted octanol–water partition coefficient (Wildman–Crippen LogP) is 2.13. The van der Waals surface area contributed by atoms with Gasteiger partial charge in [0.25, 0.3) is 0 Å². The molecule has 7 heteroatoms. The van der Waals surface area contributed by atoms with Gasteiger partial charge in [0, 0.05) is 18.8 Å². The van der Waals surface area contributed by atoms with E-state index in [0.717, 1.165) is 12.1 Å². The number of nitrogens with one attached hydrogen (secondary N) is 1. The summed E-state index contributed by atoms with van der Waals surface area (Å²) < 4.78 is 1.57. The van der Waals surface area contributed by atoms with Crippen LogP contribution in [0.5, 0.6) is 0 Å². The average Bonchev–Trinajstić information content (AvgIpc) is 2.88. The maximum atomic E-state index is 12.4. The zero-order valence-corrected chi connectivity index (χ0v) is 13.6. The van der Waals surface area contributed by atoms with Gasteiger partial charge in [0.2, 0.25) is 5.91 Å². The monoisotopic (exact) mass is 320 g/mol. The minimum absolute atomic E-state index is 0.00259. The van der Waals surface area contributed by atoms with E-state index in [2.05, 4.69) is 10.2 Å². The van der Waals surface area contributed by atoms with Crippen LogP contribution >= 0.6 is 11.8 Å². The molecule has 0 aliphatic carbocycles. The van der Waals surface area contributed by atoms with Crippen molar-refractivity contribution >= 4 is 23.4 Å². The molecule has 0 aliphatic rings. The van der Waals surface area contributed by atoms with Crippen LogP contribution in [0.15, 0.2) is 40.3 Å². The number of aromatic amines is 1. The summed E-state index contributed by atoms with van der Waals surface area (Å²) in [5, 5.41) is 6.97. The van der Waals surface area contributed by atoms with Crippen LogP contribution in [0.2, 0.25) is 0 Å². The third kappa shape index (κ3) is 3.79. The minimum atomic E-state index is -0.229. The molecule has 1 amide bonds. The van der Waals surface area contributed by atoms with Gasteiger partial charge in [-0.05, 0) is 25.5 Å². The van der Waals surface area contributed by atoms with Crippen molar-refractivity contribution in [1.29, 1.82) is 0 Å². The maximum absolute atomic E-state index is 12.4. The fourth-order valence-electron chi connectivity index (χ4n) is 2.15. The fraction of sp³-hybridized carbons (Fsp3) is 0.400. The van der Waals surface area contributed by atoms with Gasteiger partial charge in [-0.1, -0.05) is 36.9 Å². The quantitative estimate of drug-likeness (QED) is 0.793. The average molecular weight is 320 g/mol. The topological polar surface area (TPSA) is 71.0 Å². The van der Waals surface area contributed by atoms with Gasteiger partial charge in [0.1, 0.15) is 0 Å². The van der Waals surface area contributed by atoms with E-state index in [-0.39, 0.29) is 17.3 Å². The third-order valence-corrected chi connectivity index (χ3v) is 4.14. The van der Waals surface area contributed by atoms with E-state index in [4.69, 9.17) is 0 Å². The smallest absolute Gasteiger partial charge is 0.312 e. The molecule has 0 atom stereocenters. The first kappa shape index (κ1) is 16.4. The number of carbonyl (C=O) groups is 1. The number of carbonyl (C=O) groups excluding carboxylic acids is 1. The van der Waals surface area contributed by atoms with Crippen molar-refractivity contribution in [3.8, 4) is 0 Å². The highest BCUT2D eigenvalue weighted by atomic mass is 32.2. The van der Waals surface area contributed by atoms with E-state index >= 15 is 0 Å². The Morgan fingerprint density at radius 2 is 2.05 bits per heavy atom. The number of para-hydroxylation sites is 1. The number of hydrogen-bond donors (Lipinski definition) is 1. The minimum Gasteiger partial charge on any atom is -0.312 e. The molecule has 0 fully saturated rings. The number of aromatic nitrogens is 3. The van der Waals surface area contributed by atoms with E-state index in [1.807, 2.05) is 44.2 Å². The number of rotatable bonds is 7. The number of anilines is 1. The first-order valence-corrected chi connectivity index (χ1v) is 8.29. The molecule has 118 valence electrons. The van der Waals surface area contributed by atoms with Crippen molar-refractivity contribution in [2.75, 3.05) is 17.2 Å². The van der Waals surface area contributed by atoms with Gasteiger partial charge >= 0.3 is 5.69 Å². The number of nitrogens with zero attached hydrogens (tertiary/aromatic N) is 3. The molecule has 2 aromatic rings. The van der Waals surface area contributed by atoms with Crippen molar-refractivity contribution in [3.05, 3.63) is 40.8 Å². The molecule has 22 heavy (non-hydrogen) atoms. The second-order valence-electron chi connectivity index (χ2n) is 4.73. The zero-order valence-electron chi connectivity index (χ0n) is 12.8. The standard InChI is InChI=1S/C15H20N4O2S/c1-3-10-19-14(21)16-17-15(19)22-11-13(20)18(4-2)12-8-6-5-7-9-12/h5-9H,3-4,10-11H2,1-2H3,(H,16,21). The van der Waals surface area contributed by atoms with Crippen molar-refractivity contribution < 1.29 is 4.79 Å². The summed E-state index contributed by atoms with van der Waals surface area (Å²) in [5.41, 5.74) is 0.649. The predicted molar refractivity (Wildman–Crippen MR) is 88.3 cm³/mol. The lowest BCUT2D eigenvalue weighted by molar-refractivity contribution is -0.116. The van der Waals surface area contributed by atoms with Crippen molar-refractivity contribution in [2.24, 2.45) is 0 Å². The van der Waals surface area contributed by atoms with Gasteiger partial charge in [0.05, 0.1) is 5.75 Å². The summed E-state index contributed by atoms with van der Waals surface area (Å²) in [4.78, 5) is 25.8. The highest BCUT2D eigenvalue weighted by molar-refractivity contribution is 7.99. The SMILES string of the molecule is CCCn1c(SCC(=O)N(CC)c2ccccc2)n[nH]c1=O. The number of thioether (sulfide) groups is 1. The fourth-order valence-corrected chi connectivity index (χ4v) is 3.00. The second kappa shape index (κ2) is 7.84. The van der Waals surface area contributed by atoms with E-state index in [9.17, 15) is 9.59 Å². The van der Waals surface area contributed by atoms with Crippen LogP contribution in [0.4, 0.5) is 5.69 Å². The highest BCUT2D eigenvalue weighted by Gasteiger charge is 2.16. The van der Waals surface area contributed by atoms with Gasteiger partial charge in [-0.3, -0.25) is 9.36 Å². The molecule has 1 aromatic heterocycles. The van der Waals surface area contributed by atoms with Gasteiger partial charge < -0.3 is 4.90 Å². The first-order chi connectivity index (χ1) is 10.7. The van der Waals surface area contributed by atoms with Crippen LogP contribution in [0, 0.1) is 0 Å². The molecule has 0 bridgehead atoms. The maximum Gasteiger partial charge on any atom is 0.343 e. The lowest BCUT2D eigenvalue weighted by Gasteiger charge is -2.20. The first-order valence-electron chi connectivity index (χ1n) is 7.30. The molecule has 6 nitrogen and oxygen atoms in total. The molecule has 0 saturated heterocycles. The zero-order chi connectivity index (χ0) is 15.9. The van der Waals surface area contributed by atoms with Crippen LogP contribution in [0.3, 0.4) is 0 Å². The van der Waals surface area contributed by atoms with Gasteiger partial charge in [0.15, 0.2) is 5.16 Å². The Morgan fingerprint density at radius 1 is 1.32 bits per heavy atom. The second-order valence-corrected chi connectivity index (χ2v) is 5.67. The Kier molecular flexibility index (Phi) is 5.83. The molecule has 1 heterocycles. The van der Waals surface area contributed by atoms with Gasteiger partial charge in [-0.15, -0.1) is 5.10 Å². The van der Waals surface area contributed by atoms with Crippen LogP contribution in [-0.4, -0.2) is 33.0 Å². The largest absolute Gasteiger partial charge is 0.343 e. The highest BCUT2D eigenvalue weighted by Crippen LogP contribution is 2.18. The number of amides is 1. The number of H-pyrrole nitrogens is 1. The molecule has 0 aliphatic heterocycles. The lowest BCUT2D eigenvalue weighted by Crippen LogP contribution is -2.32. The van der Waals surface area contributed by atoms with Crippen LogP contribution in [0.1, 0.15) is 20.3 Å². The van der Waals surface area contributed by atoms with Crippen molar-refractivity contribution in [1.82, 2.24) is 14.8 Å². The van der Waals surface area contributed by atoms with Gasteiger partial charge in [-0.2, -0.15) is 0 Å². The normalized spacial score (nSPS) is 10.6. The Bertz CT molecular complexity index is 666. The Hall–Kier alpha value is -2.02. The number of hydrogen-bond acceptors (Lipinski definition) is 4. The lowest BCUT2D eigenvalue weighted by atomic mass is 10.3. The summed E-state index contributed by atoms with van der Waals surface area (Å²) in [6, 6.07) is 9.56. The molecular formula is C15H20N4O2S. The summed E-state index contributed by atoms with van der Waals surface area (Å²) in [6.07, 6.45) is 0.839. The van der Waals surface area contributed by atoms with E-state index in [1.165, 1.54) is 11.8 Å². The summed E-state index contributed by atoms with van der Waals surface area (Å²) in [5.74, 6) is 0.244. The van der Waals surface area contributed by atoms with Crippen LogP contribution in [0.25, 0.3) is 0 Å². The molecule has 0 unspecified atom stereocenters. The summed E-state index contributed by atoms with van der Waals surface area (Å²) in [6.45, 7) is 5.14.